The van der Waals surface area contributed by atoms with Crippen LogP contribution in [0.25, 0.3) is 12.2 Å². The molecule has 206 valence electrons. The highest BCUT2D eigenvalue weighted by atomic mass is 16.5. The highest BCUT2D eigenvalue weighted by Gasteiger charge is 2.00. The Labute approximate surface area is 235 Å². The molecule has 0 heterocycles. The van der Waals surface area contributed by atoms with Gasteiger partial charge < -0.3 is 9.47 Å². The van der Waals surface area contributed by atoms with Gasteiger partial charge in [-0.15, -0.1) is 0 Å². The van der Waals surface area contributed by atoms with Crippen LogP contribution in [-0.4, -0.2) is 19.0 Å². The first-order chi connectivity index (χ1) is 19.2. The van der Waals surface area contributed by atoms with E-state index in [4.69, 9.17) is 9.47 Å². The molecule has 0 amide bonds. The van der Waals surface area contributed by atoms with Crippen LogP contribution in [0, 0.1) is 0 Å². The van der Waals surface area contributed by atoms with E-state index >= 15 is 0 Å². The van der Waals surface area contributed by atoms with Crippen LogP contribution in [0.4, 0.5) is 0 Å². The van der Waals surface area contributed by atoms with Gasteiger partial charge in [-0.25, -0.2) is 0 Å². The fourth-order valence-corrected chi connectivity index (χ4v) is 4.40. The van der Waals surface area contributed by atoms with E-state index in [1.165, 1.54) is 56.9 Å². The maximum atomic E-state index is 12.2. The Morgan fingerprint density at radius 2 is 1.21 bits per heavy atom. The summed E-state index contributed by atoms with van der Waals surface area (Å²) in [5.41, 5.74) is 4.07. The number of carbonyl (C=O) groups is 1. The molecule has 0 spiro atoms. The van der Waals surface area contributed by atoms with Gasteiger partial charge in [-0.3, -0.25) is 4.79 Å². The molecular weight excluding hydrogens is 480 g/mol. The van der Waals surface area contributed by atoms with E-state index in [0.717, 1.165) is 42.9 Å². The fraction of sp³-hybridized carbons (Fsp3) is 0.361. The Balaban J connectivity index is 1.10. The quantitative estimate of drug-likeness (QED) is 0.0838. The fourth-order valence-electron chi connectivity index (χ4n) is 4.40. The zero-order valence-electron chi connectivity index (χ0n) is 23.4. The highest BCUT2D eigenvalue weighted by Crippen LogP contribution is 2.16. The maximum absolute atomic E-state index is 12.2. The molecular formula is C36H44O3. The van der Waals surface area contributed by atoms with Crippen molar-refractivity contribution in [3.63, 3.8) is 0 Å². The zero-order valence-corrected chi connectivity index (χ0v) is 23.4. The van der Waals surface area contributed by atoms with E-state index in [0.29, 0.717) is 12.2 Å². The summed E-state index contributed by atoms with van der Waals surface area (Å²) < 4.78 is 11.7. The number of allylic oxidation sites excluding steroid dienone is 1. The minimum absolute atomic E-state index is 0.0133. The Kier molecular flexibility index (Phi) is 14.5. The topological polar surface area (TPSA) is 35.5 Å². The van der Waals surface area contributed by atoms with Crippen LogP contribution >= 0.6 is 0 Å². The monoisotopic (exact) mass is 524 g/mol. The van der Waals surface area contributed by atoms with Gasteiger partial charge in [-0.1, -0.05) is 137 Å². The van der Waals surface area contributed by atoms with Gasteiger partial charge in [0.15, 0.2) is 5.78 Å². The maximum Gasteiger partial charge on any atom is 0.185 e. The van der Waals surface area contributed by atoms with Gasteiger partial charge in [0.2, 0.25) is 0 Å². The van der Waals surface area contributed by atoms with Crippen LogP contribution in [0.15, 0.2) is 91.5 Å². The molecule has 0 saturated heterocycles. The average Bonchev–Trinajstić information content (AvgIpc) is 2.99. The smallest absolute Gasteiger partial charge is 0.185 e. The number of hydrogen-bond donors (Lipinski definition) is 0. The van der Waals surface area contributed by atoms with Crippen molar-refractivity contribution in [1.82, 2.24) is 0 Å². The molecule has 0 N–H and O–H groups in total. The molecule has 0 aliphatic rings. The summed E-state index contributed by atoms with van der Waals surface area (Å²) in [6.45, 7) is 6.09. The largest absolute Gasteiger partial charge is 0.494 e. The molecule has 3 nitrogen and oxygen atoms in total. The van der Waals surface area contributed by atoms with Crippen molar-refractivity contribution in [2.45, 2.75) is 70.8 Å². The summed E-state index contributed by atoms with van der Waals surface area (Å²) >= 11 is 0. The number of benzene rings is 3. The van der Waals surface area contributed by atoms with Gasteiger partial charge in [-0.05, 0) is 47.7 Å². The number of unbranched alkanes of at least 4 members (excludes halogenated alkanes) is 9. The molecule has 0 atom stereocenters. The molecule has 0 radical (unpaired) electrons. The third-order valence-corrected chi connectivity index (χ3v) is 6.80. The first-order valence-electron chi connectivity index (χ1n) is 14.5. The average molecular weight is 525 g/mol. The lowest BCUT2D eigenvalue weighted by Crippen LogP contribution is -1.97. The SMILES string of the molecule is C=Cc1ccc(COCCCCCCCCCCCCOc2ccc(C=CC(=O)c3ccccc3)cc2)cc1. The standard InChI is InChI=1S/C36H44O3/c1-2-31-18-20-33(21-19-31)30-38-28-14-9-7-5-3-4-6-8-10-15-29-39-35-25-22-32(23-26-35)24-27-36(37)34-16-12-11-13-17-34/h2,11-13,16-27H,1,3-10,14-15,28-30H2. The van der Waals surface area contributed by atoms with Crippen LogP contribution in [0.5, 0.6) is 5.75 Å². The van der Waals surface area contributed by atoms with E-state index in [1.807, 2.05) is 66.7 Å². The van der Waals surface area contributed by atoms with Crippen molar-refractivity contribution in [3.05, 3.63) is 114 Å². The van der Waals surface area contributed by atoms with E-state index in [9.17, 15) is 4.79 Å². The molecule has 0 aliphatic carbocycles. The molecule has 39 heavy (non-hydrogen) atoms. The minimum atomic E-state index is 0.0133. The van der Waals surface area contributed by atoms with Gasteiger partial charge >= 0.3 is 0 Å². The van der Waals surface area contributed by atoms with E-state index in [2.05, 4.69) is 30.8 Å². The lowest BCUT2D eigenvalue weighted by atomic mass is 10.1. The van der Waals surface area contributed by atoms with Crippen molar-refractivity contribution < 1.29 is 14.3 Å². The summed E-state index contributed by atoms with van der Waals surface area (Å²) in [5, 5.41) is 0. The lowest BCUT2D eigenvalue weighted by Gasteiger charge is -2.07. The zero-order chi connectivity index (χ0) is 27.4. The summed E-state index contributed by atoms with van der Waals surface area (Å²) in [7, 11) is 0. The van der Waals surface area contributed by atoms with Crippen LogP contribution in [0.2, 0.25) is 0 Å². The Morgan fingerprint density at radius 3 is 1.82 bits per heavy atom. The predicted octanol–water partition coefficient (Wildman–Crippen LogP) is 9.72. The summed E-state index contributed by atoms with van der Waals surface area (Å²) in [4.78, 5) is 12.2. The minimum Gasteiger partial charge on any atom is -0.494 e. The molecule has 3 aromatic carbocycles. The van der Waals surface area contributed by atoms with Gasteiger partial charge in [-0.2, -0.15) is 0 Å². The Bertz CT molecular complexity index is 1100. The molecule has 0 aliphatic heterocycles. The third kappa shape index (κ3) is 12.8. The van der Waals surface area contributed by atoms with E-state index < -0.39 is 0 Å². The summed E-state index contributed by atoms with van der Waals surface area (Å²) in [5.74, 6) is 0.897. The molecule has 0 fully saturated rings. The first-order valence-corrected chi connectivity index (χ1v) is 14.5. The predicted molar refractivity (Wildman–Crippen MR) is 164 cm³/mol. The highest BCUT2D eigenvalue weighted by molar-refractivity contribution is 6.06. The molecule has 3 heteroatoms. The second-order valence-corrected chi connectivity index (χ2v) is 10.0. The van der Waals surface area contributed by atoms with E-state index in [1.54, 1.807) is 6.08 Å². The molecule has 3 rings (SSSR count). The number of hydrogen-bond acceptors (Lipinski definition) is 3. The van der Waals surface area contributed by atoms with Crippen LogP contribution < -0.4 is 4.74 Å². The van der Waals surface area contributed by atoms with Crippen LogP contribution in [0.3, 0.4) is 0 Å². The van der Waals surface area contributed by atoms with Crippen molar-refractivity contribution in [3.8, 4) is 5.75 Å². The molecule has 0 unspecified atom stereocenters. The molecule has 0 saturated carbocycles. The van der Waals surface area contributed by atoms with E-state index in [-0.39, 0.29) is 5.78 Å². The number of ketones is 1. The van der Waals surface area contributed by atoms with Crippen molar-refractivity contribution in [1.29, 1.82) is 0 Å². The van der Waals surface area contributed by atoms with Crippen LogP contribution in [-0.2, 0) is 11.3 Å². The summed E-state index contributed by atoms with van der Waals surface area (Å²) in [6, 6.07) is 25.6. The Hall–Kier alpha value is -3.43. The van der Waals surface area contributed by atoms with Crippen LogP contribution in [0.1, 0.15) is 91.3 Å². The van der Waals surface area contributed by atoms with Crippen molar-refractivity contribution >= 4 is 17.9 Å². The number of rotatable bonds is 20. The van der Waals surface area contributed by atoms with Crippen molar-refractivity contribution in [2.24, 2.45) is 0 Å². The Morgan fingerprint density at radius 1 is 0.641 bits per heavy atom. The second kappa shape index (κ2) is 18.8. The molecule has 0 bridgehead atoms. The normalized spacial score (nSPS) is 11.1. The second-order valence-electron chi connectivity index (χ2n) is 10.0. The molecule has 3 aromatic rings. The summed E-state index contributed by atoms with van der Waals surface area (Å²) in [6.07, 6.45) is 18.0. The lowest BCUT2D eigenvalue weighted by molar-refractivity contribution is 0.104. The number of carbonyl (C=O) groups excluding carboxylic acids is 1. The molecule has 0 aromatic heterocycles. The van der Waals surface area contributed by atoms with Gasteiger partial charge in [0.25, 0.3) is 0 Å². The van der Waals surface area contributed by atoms with Gasteiger partial charge in [0, 0.05) is 12.2 Å². The van der Waals surface area contributed by atoms with Gasteiger partial charge in [0.05, 0.1) is 13.2 Å². The number of ether oxygens (including phenoxy) is 2. The van der Waals surface area contributed by atoms with Crippen molar-refractivity contribution in [2.75, 3.05) is 13.2 Å². The third-order valence-electron chi connectivity index (χ3n) is 6.80. The first kappa shape index (κ1) is 30.1. The van der Waals surface area contributed by atoms with Gasteiger partial charge in [0.1, 0.15) is 5.75 Å².